The molecule has 158 valence electrons. The third-order valence-electron chi connectivity index (χ3n) is 4.74. The molecule has 0 radical (unpaired) electrons. The highest BCUT2D eigenvalue weighted by Crippen LogP contribution is 2.26. The lowest BCUT2D eigenvalue weighted by Gasteiger charge is -2.19. The van der Waals surface area contributed by atoms with Gasteiger partial charge in [0.15, 0.2) is 0 Å². The summed E-state index contributed by atoms with van der Waals surface area (Å²) < 4.78 is 0. The summed E-state index contributed by atoms with van der Waals surface area (Å²) in [5.74, 6) is 1.34. The maximum atomic E-state index is 4.67. The minimum atomic E-state index is 0.128. The Hall–Kier alpha value is -2.99. The van der Waals surface area contributed by atoms with Crippen LogP contribution >= 0.6 is 0 Å². The zero-order valence-electron chi connectivity index (χ0n) is 18.6. The van der Waals surface area contributed by atoms with Crippen LogP contribution in [0.25, 0.3) is 11.4 Å². The Morgan fingerprint density at radius 3 is 2.33 bits per heavy atom. The molecular weight excluding hydrogens is 372 g/mol. The minimum Gasteiger partial charge on any atom is -0.354 e. The van der Waals surface area contributed by atoms with Gasteiger partial charge in [-0.05, 0) is 62.3 Å². The molecule has 0 spiro atoms. The highest BCUT2D eigenvalue weighted by atomic mass is 15.1. The molecule has 2 N–H and O–H groups in total. The molecule has 0 saturated carbocycles. The smallest absolute Gasteiger partial charge is 0.225 e. The highest BCUT2D eigenvalue weighted by molar-refractivity contribution is 5.65. The van der Waals surface area contributed by atoms with E-state index in [-0.39, 0.29) is 5.41 Å². The van der Waals surface area contributed by atoms with Gasteiger partial charge in [0.05, 0.1) is 11.4 Å². The molecule has 0 atom stereocenters. The van der Waals surface area contributed by atoms with E-state index in [0.717, 1.165) is 42.4 Å². The summed E-state index contributed by atoms with van der Waals surface area (Å²) in [5.41, 5.74) is 4.03. The molecule has 3 aromatic rings. The van der Waals surface area contributed by atoms with Crippen molar-refractivity contribution in [3.05, 3.63) is 60.3 Å². The molecule has 0 aliphatic heterocycles. The first-order valence-corrected chi connectivity index (χ1v) is 10.4. The summed E-state index contributed by atoms with van der Waals surface area (Å²) in [4.78, 5) is 15.9. The molecule has 2 heterocycles. The van der Waals surface area contributed by atoms with Crippen molar-refractivity contribution in [2.24, 2.45) is 0 Å². The third kappa shape index (κ3) is 6.26. The van der Waals surface area contributed by atoms with Crippen molar-refractivity contribution in [1.29, 1.82) is 0 Å². The lowest BCUT2D eigenvalue weighted by atomic mass is 9.87. The maximum absolute atomic E-state index is 4.67. The predicted molar refractivity (Wildman–Crippen MR) is 125 cm³/mol. The van der Waals surface area contributed by atoms with Crippen molar-refractivity contribution in [1.82, 2.24) is 19.9 Å². The van der Waals surface area contributed by atoms with Crippen molar-refractivity contribution >= 4 is 17.5 Å². The van der Waals surface area contributed by atoms with Crippen molar-refractivity contribution < 1.29 is 0 Å². The van der Waals surface area contributed by atoms with Gasteiger partial charge in [0.1, 0.15) is 5.82 Å². The molecule has 6 heteroatoms. The maximum Gasteiger partial charge on any atom is 0.225 e. The van der Waals surface area contributed by atoms with Crippen LogP contribution in [0.4, 0.5) is 17.5 Å². The zero-order chi connectivity index (χ0) is 21.6. The molecule has 0 aliphatic rings. The molecular formula is C24H32N6. The van der Waals surface area contributed by atoms with Gasteiger partial charge < -0.3 is 15.5 Å². The first-order chi connectivity index (χ1) is 14.3. The number of nitrogens with zero attached hydrogens (tertiary/aromatic N) is 4. The highest BCUT2D eigenvalue weighted by Gasteiger charge is 2.13. The van der Waals surface area contributed by atoms with E-state index in [9.17, 15) is 0 Å². The Morgan fingerprint density at radius 1 is 0.933 bits per heavy atom. The summed E-state index contributed by atoms with van der Waals surface area (Å²) in [7, 11) is 4.15. The number of hydrogen-bond acceptors (Lipinski definition) is 6. The van der Waals surface area contributed by atoms with Gasteiger partial charge in [0, 0.05) is 24.5 Å². The third-order valence-corrected chi connectivity index (χ3v) is 4.74. The van der Waals surface area contributed by atoms with E-state index in [1.807, 2.05) is 24.3 Å². The monoisotopic (exact) mass is 404 g/mol. The number of hydrogen-bond donors (Lipinski definition) is 2. The number of nitrogens with one attached hydrogen (secondary N) is 2. The van der Waals surface area contributed by atoms with E-state index in [1.165, 1.54) is 5.56 Å². The van der Waals surface area contributed by atoms with E-state index >= 15 is 0 Å². The van der Waals surface area contributed by atoms with E-state index in [4.69, 9.17) is 0 Å². The zero-order valence-corrected chi connectivity index (χ0v) is 18.6. The number of rotatable bonds is 8. The fourth-order valence-corrected chi connectivity index (χ4v) is 3.03. The first-order valence-electron chi connectivity index (χ1n) is 10.4. The normalized spacial score (nSPS) is 11.5. The Kier molecular flexibility index (Phi) is 7.00. The molecule has 0 bridgehead atoms. The van der Waals surface area contributed by atoms with Crippen LogP contribution in [0.3, 0.4) is 0 Å². The number of benzene rings is 1. The quantitative estimate of drug-likeness (QED) is 0.518. The van der Waals surface area contributed by atoms with Crippen LogP contribution < -0.4 is 10.6 Å². The summed E-state index contributed by atoms with van der Waals surface area (Å²) in [6.07, 6.45) is 2.79. The van der Waals surface area contributed by atoms with Crippen LogP contribution in [-0.2, 0) is 5.41 Å². The second kappa shape index (κ2) is 9.67. The Balaban J connectivity index is 1.82. The number of pyridine rings is 1. The molecule has 30 heavy (non-hydrogen) atoms. The van der Waals surface area contributed by atoms with Crippen LogP contribution in [0.2, 0.25) is 0 Å². The van der Waals surface area contributed by atoms with E-state index in [0.29, 0.717) is 5.95 Å². The summed E-state index contributed by atoms with van der Waals surface area (Å²) >= 11 is 0. The molecule has 0 fully saturated rings. The second-order valence-corrected chi connectivity index (χ2v) is 8.71. The first kappa shape index (κ1) is 21.7. The van der Waals surface area contributed by atoms with Gasteiger partial charge in [0.25, 0.3) is 0 Å². The predicted octanol–water partition coefficient (Wildman–Crippen LogP) is 4.94. The van der Waals surface area contributed by atoms with E-state index in [2.05, 4.69) is 89.6 Å². The van der Waals surface area contributed by atoms with E-state index in [1.54, 1.807) is 6.20 Å². The fourth-order valence-electron chi connectivity index (χ4n) is 3.03. The van der Waals surface area contributed by atoms with Crippen LogP contribution in [0.5, 0.6) is 0 Å². The molecule has 0 saturated heterocycles. The molecule has 1 aromatic carbocycles. The van der Waals surface area contributed by atoms with Crippen LogP contribution in [0.15, 0.2) is 54.7 Å². The average molecular weight is 405 g/mol. The average Bonchev–Trinajstić information content (AvgIpc) is 2.71. The summed E-state index contributed by atoms with van der Waals surface area (Å²) in [6.45, 7) is 8.47. The SMILES string of the molecule is CN(C)CCCNc1nc(Nc2ccc(C(C)(C)C)cc2)cc(-c2ccccn2)n1. The van der Waals surface area contributed by atoms with Gasteiger partial charge in [-0.25, -0.2) is 4.98 Å². The lowest BCUT2D eigenvalue weighted by Crippen LogP contribution is -2.17. The van der Waals surface area contributed by atoms with Crippen LogP contribution in [0, 0.1) is 0 Å². The van der Waals surface area contributed by atoms with Gasteiger partial charge >= 0.3 is 0 Å². The van der Waals surface area contributed by atoms with Crippen LogP contribution in [0.1, 0.15) is 32.8 Å². The van der Waals surface area contributed by atoms with Crippen molar-refractivity contribution in [2.75, 3.05) is 37.8 Å². The van der Waals surface area contributed by atoms with E-state index < -0.39 is 0 Å². The number of aromatic nitrogens is 3. The second-order valence-electron chi connectivity index (χ2n) is 8.71. The summed E-state index contributed by atoms with van der Waals surface area (Å²) in [5, 5.41) is 6.76. The fraction of sp³-hybridized carbons (Fsp3) is 0.375. The van der Waals surface area contributed by atoms with Gasteiger partial charge in [-0.3, -0.25) is 4.98 Å². The standard InChI is InChI=1S/C24H32N6/c1-24(2,3)18-10-12-19(13-11-18)27-22-17-21(20-9-6-7-14-25-20)28-23(29-22)26-15-8-16-30(4)5/h6-7,9-14,17H,8,15-16H2,1-5H3,(H2,26,27,28,29). The Labute approximate surface area is 179 Å². The van der Waals surface area contributed by atoms with Gasteiger partial charge in [0.2, 0.25) is 5.95 Å². The molecule has 2 aromatic heterocycles. The molecule has 6 nitrogen and oxygen atoms in total. The number of anilines is 3. The molecule has 0 amide bonds. The Bertz CT molecular complexity index is 930. The summed E-state index contributed by atoms with van der Waals surface area (Å²) in [6, 6.07) is 16.3. The largest absolute Gasteiger partial charge is 0.354 e. The Morgan fingerprint density at radius 2 is 1.70 bits per heavy atom. The molecule has 3 rings (SSSR count). The molecule has 0 unspecified atom stereocenters. The molecule has 0 aliphatic carbocycles. The van der Waals surface area contributed by atoms with Crippen molar-refractivity contribution in [3.8, 4) is 11.4 Å². The van der Waals surface area contributed by atoms with Gasteiger partial charge in [-0.15, -0.1) is 0 Å². The lowest BCUT2D eigenvalue weighted by molar-refractivity contribution is 0.405. The minimum absolute atomic E-state index is 0.128. The van der Waals surface area contributed by atoms with Crippen LogP contribution in [-0.4, -0.2) is 47.0 Å². The topological polar surface area (TPSA) is 66.0 Å². The van der Waals surface area contributed by atoms with Crippen molar-refractivity contribution in [2.45, 2.75) is 32.6 Å². The van der Waals surface area contributed by atoms with Crippen molar-refractivity contribution in [3.63, 3.8) is 0 Å². The van der Waals surface area contributed by atoms with Gasteiger partial charge in [-0.1, -0.05) is 39.0 Å². The van der Waals surface area contributed by atoms with Gasteiger partial charge in [-0.2, -0.15) is 4.98 Å².